The van der Waals surface area contributed by atoms with Crippen LogP contribution >= 0.6 is 0 Å². The van der Waals surface area contributed by atoms with Crippen LogP contribution in [0.15, 0.2) is 12.5 Å². The van der Waals surface area contributed by atoms with Crippen molar-refractivity contribution < 1.29 is 4.79 Å². The lowest BCUT2D eigenvalue weighted by Crippen LogP contribution is -2.32. The van der Waals surface area contributed by atoms with Crippen molar-refractivity contribution in [1.82, 2.24) is 20.2 Å². The molecule has 2 N–H and O–H groups in total. The van der Waals surface area contributed by atoms with Gasteiger partial charge in [-0.15, -0.1) is 0 Å². The molecular formula is C8H14N4O. The van der Waals surface area contributed by atoms with Crippen molar-refractivity contribution in [2.75, 3.05) is 27.2 Å². The predicted molar refractivity (Wildman–Crippen MR) is 49.5 cm³/mol. The van der Waals surface area contributed by atoms with Gasteiger partial charge in [0, 0.05) is 20.1 Å². The van der Waals surface area contributed by atoms with Crippen molar-refractivity contribution >= 4 is 5.91 Å². The van der Waals surface area contributed by atoms with E-state index in [1.54, 1.807) is 11.9 Å². The Morgan fingerprint density at radius 3 is 3.08 bits per heavy atom. The van der Waals surface area contributed by atoms with Crippen LogP contribution in [0, 0.1) is 0 Å². The molecule has 0 saturated carbocycles. The van der Waals surface area contributed by atoms with E-state index in [1.165, 1.54) is 12.5 Å². The number of nitrogens with zero attached hydrogens (tertiary/aromatic N) is 2. The zero-order valence-corrected chi connectivity index (χ0v) is 7.87. The van der Waals surface area contributed by atoms with E-state index < -0.39 is 0 Å². The molecule has 0 atom stereocenters. The van der Waals surface area contributed by atoms with Gasteiger partial charge in [-0.25, -0.2) is 4.98 Å². The lowest BCUT2D eigenvalue weighted by atomic mass is 10.4. The van der Waals surface area contributed by atoms with Gasteiger partial charge in [0.05, 0.1) is 12.5 Å². The van der Waals surface area contributed by atoms with Crippen molar-refractivity contribution in [3.05, 3.63) is 18.2 Å². The summed E-state index contributed by atoms with van der Waals surface area (Å²) >= 11 is 0. The number of aromatic amines is 1. The minimum absolute atomic E-state index is 0.0345. The molecule has 0 radical (unpaired) electrons. The first-order valence-corrected chi connectivity index (χ1v) is 4.14. The minimum atomic E-state index is -0.0345. The van der Waals surface area contributed by atoms with Crippen LogP contribution in [0.4, 0.5) is 0 Å². The standard InChI is InChI=1S/C8H14N4O/c1-9-3-4-12(2)8(13)7-5-10-6-11-7/h5-6,9H,3-4H2,1-2H3,(H,10,11). The van der Waals surface area contributed by atoms with Crippen molar-refractivity contribution in [3.63, 3.8) is 0 Å². The number of carbonyl (C=O) groups excluding carboxylic acids is 1. The summed E-state index contributed by atoms with van der Waals surface area (Å²) in [6, 6.07) is 0. The average molecular weight is 182 g/mol. The molecule has 0 fully saturated rings. The van der Waals surface area contributed by atoms with Crippen LogP contribution < -0.4 is 5.32 Å². The summed E-state index contributed by atoms with van der Waals surface area (Å²) in [6.07, 6.45) is 3.03. The van der Waals surface area contributed by atoms with E-state index in [9.17, 15) is 4.79 Å². The van der Waals surface area contributed by atoms with Gasteiger partial charge < -0.3 is 15.2 Å². The van der Waals surface area contributed by atoms with Crippen molar-refractivity contribution in [1.29, 1.82) is 0 Å². The van der Waals surface area contributed by atoms with Gasteiger partial charge in [-0.3, -0.25) is 4.79 Å². The van der Waals surface area contributed by atoms with Gasteiger partial charge in [0.1, 0.15) is 5.69 Å². The van der Waals surface area contributed by atoms with E-state index in [0.717, 1.165) is 6.54 Å². The summed E-state index contributed by atoms with van der Waals surface area (Å²) in [6.45, 7) is 1.48. The van der Waals surface area contributed by atoms with Gasteiger partial charge in [-0.1, -0.05) is 0 Å². The van der Waals surface area contributed by atoms with E-state index in [4.69, 9.17) is 0 Å². The molecule has 0 saturated heterocycles. The molecule has 0 aliphatic carbocycles. The largest absolute Gasteiger partial charge is 0.341 e. The van der Waals surface area contributed by atoms with Crippen LogP contribution in [-0.4, -0.2) is 48.0 Å². The van der Waals surface area contributed by atoms with Crippen LogP contribution in [0.5, 0.6) is 0 Å². The van der Waals surface area contributed by atoms with E-state index in [1.807, 2.05) is 7.05 Å². The third kappa shape index (κ3) is 2.55. The number of aromatic nitrogens is 2. The maximum absolute atomic E-state index is 11.5. The molecule has 5 nitrogen and oxygen atoms in total. The summed E-state index contributed by atoms with van der Waals surface area (Å²) in [4.78, 5) is 19.7. The highest BCUT2D eigenvalue weighted by Crippen LogP contribution is 1.96. The van der Waals surface area contributed by atoms with E-state index in [0.29, 0.717) is 12.2 Å². The van der Waals surface area contributed by atoms with Gasteiger partial charge in [0.25, 0.3) is 5.91 Å². The fourth-order valence-corrected chi connectivity index (χ4v) is 0.960. The Balaban J connectivity index is 2.48. The number of rotatable bonds is 4. The second kappa shape index (κ2) is 4.61. The Bertz CT molecular complexity index is 257. The SMILES string of the molecule is CNCCN(C)C(=O)c1cnc[nH]1. The van der Waals surface area contributed by atoms with Gasteiger partial charge in [0.2, 0.25) is 0 Å². The molecule has 1 aromatic rings. The van der Waals surface area contributed by atoms with Crippen LogP contribution in [-0.2, 0) is 0 Å². The number of hydrogen-bond donors (Lipinski definition) is 2. The second-order valence-corrected chi connectivity index (χ2v) is 2.80. The zero-order valence-electron chi connectivity index (χ0n) is 7.87. The van der Waals surface area contributed by atoms with Crippen LogP contribution in [0.2, 0.25) is 0 Å². The molecule has 0 spiro atoms. The summed E-state index contributed by atoms with van der Waals surface area (Å²) in [5, 5.41) is 2.98. The monoisotopic (exact) mass is 182 g/mol. The smallest absolute Gasteiger partial charge is 0.271 e. The van der Waals surface area contributed by atoms with E-state index >= 15 is 0 Å². The highest BCUT2D eigenvalue weighted by molar-refractivity contribution is 5.91. The number of amides is 1. The molecule has 0 aromatic carbocycles. The molecule has 0 unspecified atom stereocenters. The maximum Gasteiger partial charge on any atom is 0.271 e. The van der Waals surface area contributed by atoms with Crippen molar-refractivity contribution in [3.8, 4) is 0 Å². The number of H-pyrrole nitrogens is 1. The number of imidazole rings is 1. The first-order chi connectivity index (χ1) is 6.25. The quantitative estimate of drug-likeness (QED) is 0.672. The van der Waals surface area contributed by atoms with Crippen LogP contribution in [0.25, 0.3) is 0 Å². The zero-order chi connectivity index (χ0) is 9.68. The molecule has 1 heterocycles. The Kier molecular flexibility index (Phi) is 3.45. The van der Waals surface area contributed by atoms with Crippen molar-refractivity contribution in [2.45, 2.75) is 0 Å². The molecule has 0 bridgehead atoms. The number of likely N-dealkylation sites (N-methyl/N-ethyl adjacent to an activating group) is 2. The fraction of sp³-hybridized carbons (Fsp3) is 0.500. The maximum atomic E-state index is 11.5. The van der Waals surface area contributed by atoms with Crippen LogP contribution in [0.3, 0.4) is 0 Å². The highest BCUT2D eigenvalue weighted by atomic mass is 16.2. The molecule has 5 heteroatoms. The summed E-state index contributed by atoms with van der Waals surface area (Å²) in [5.74, 6) is -0.0345. The van der Waals surface area contributed by atoms with Crippen molar-refractivity contribution in [2.24, 2.45) is 0 Å². The van der Waals surface area contributed by atoms with Gasteiger partial charge in [-0.2, -0.15) is 0 Å². The highest BCUT2D eigenvalue weighted by Gasteiger charge is 2.11. The average Bonchev–Trinajstić information content (AvgIpc) is 2.65. The van der Waals surface area contributed by atoms with Gasteiger partial charge in [0.15, 0.2) is 0 Å². The lowest BCUT2D eigenvalue weighted by molar-refractivity contribution is 0.0791. The first kappa shape index (κ1) is 9.73. The Labute approximate surface area is 77.2 Å². The molecule has 1 rings (SSSR count). The molecule has 72 valence electrons. The Morgan fingerprint density at radius 2 is 2.54 bits per heavy atom. The normalized spacial score (nSPS) is 10.0. The van der Waals surface area contributed by atoms with E-state index in [-0.39, 0.29) is 5.91 Å². The Hall–Kier alpha value is -1.36. The third-order valence-electron chi connectivity index (χ3n) is 1.77. The molecule has 1 amide bonds. The summed E-state index contributed by atoms with van der Waals surface area (Å²) in [5.41, 5.74) is 0.526. The predicted octanol–water partition coefficient (Wildman–Crippen LogP) is -0.299. The number of carbonyl (C=O) groups is 1. The molecular weight excluding hydrogens is 168 g/mol. The van der Waals surface area contributed by atoms with Gasteiger partial charge >= 0.3 is 0 Å². The number of hydrogen-bond acceptors (Lipinski definition) is 3. The Morgan fingerprint density at radius 1 is 1.77 bits per heavy atom. The third-order valence-corrected chi connectivity index (χ3v) is 1.77. The molecule has 13 heavy (non-hydrogen) atoms. The molecule has 0 aliphatic rings. The summed E-state index contributed by atoms with van der Waals surface area (Å²) in [7, 11) is 3.62. The fourth-order valence-electron chi connectivity index (χ4n) is 0.960. The summed E-state index contributed by atoms with van der Waals surface area (Å²) < 4.78 is 0. The van der Waals surface area contributed by atoms with E-state index in [2.05, 4.69) is 15.3 Å². The van der Waals surface area contributed by atoms with Gasteiger partial charge in [-0.05, 0) is 7.05 Å². The molecule has 0 aliphatic heterocycles. The topological polar surface area (TPSA) is 61.0 Å². The lowest BCUT2D eigenvalue weighted by Gasteiger charge is -2.15. The second-order valence-electron chi connectivity index (χ2n) is 2.80. The van der Waals surface area contributed by atoms with Crippen LogP contribution in [0.1, 0.15) is 10.5 Å². The number of nitrogens with one attached hydrogen (secondary N) is 2. The molecule has 1 aromatic heterocycles. The first-order valence-electron chi connectivity index (χ1n) is 4.14. The minimum Gasteiger partial charge on any atom is -0.341 e.